The number of aliphatic hydroxyl groups excluding tert-OH is 6. The van der Waals surface area contributed by atoms with Gasteiger partial charge in [0.2, 0.25) is 24.4 Å². The van der Waals surface area contributed by atoms with Gasteiger partial charge >= 0.3 is 5.97 Å². The molecule has 0 aliphatic carbocycles. The fourth-order valence-corrected chi connectivity index (χ4v) is 7.96. The molecule has 4 heterocycles. The third-order valence-electron chi connectivity index (χ3n) is 10.8. The third-order valence-corrected chi connectivity index (χ3v) is 10.8. The summed E-state index contributed by atoms with van der Waals surface area (Å²) in [6.45, 7) is 6.10. The van der Waals surface area contributed by atoms with E-state index in [2.05, 4.69) is 10.6 Å². The maximum atomic E-state index is 13.5. The number of nitrogens with one attached hydrogen (secondary N) is 2. The number of carbonyl (C=O) groups excluding carboxylic acids is 3. The zero-order valence-corrected chi connectivity index (χ0v) is 32.9. The number of aliphatic hydroxyl groups is 6. The molecule has 0 saturated carbocycles. The number of fused-ring (bicyclic) bond motifs is 6. The highest BCUT2D eigenvalue weighted by atomic mass is 16.7. The van der Waals surface area contributed by atoms with Crippen LogP contribution in [-0.4, -0.2) is 123 Å². The monoisotopic (exact) mass is 822 g/mol. The maximum Gasteiger partial charge on any atom is 0.340 e. The lowest BCUT2D eigenvalue weighted by molar-refractivity contribution is -0.244. The van der Waals surface area contributed by atoms with Gasteiger partial charge in [0.25, 0.3) is 0 Å². The van der Waals surface area contributed by atoms with E-state index in [1.54, 1.807) is 48.5 Å². The predicted molar refractivity (Wildman–Crippen MR) is 204 cm³/mol. The van der Waals surface area contributed by atoms with E-state index in [-0.39, 0.29) is 47.7 Å². The smallest absolute Gasteiger partial charge is 0.340 e. The molecule has 2 saturated heterocycles. The minimum absolute atomic E-state index is 0.0102. The van der Waals surface area contributed by atoms with Crippen LogP contribution in [0.5, 0.6) is 23.0 Å². The van der Waals surface area contributed by atoms with Crippen LogP contribution in [-0.2, 0) is 29.4 Å². The second-order valence-corrected chi connectivity index (χ2v) is 16.1. The molecule has 318 valence electrons. The van der Waals surface area contributed by atoms with E-state index in [1.807, 2.05) is 27.7 Å². The van der Waals surface area contributed by atoms with Crippen LogP contribution < -0.4 is 24.8 Å². The standard InChI is InChI=1S/C42H50N2O15/c1-19(2)13-31(47)43-33-37(51)35(49)29(17-45)57-40(33)54-21-9-11-25-27(15-21)56-28-16-22(10-12-26(28)42(25)24-8-6-5-7-23(24)39(53)59-42)55-41-34(44-32(48)14-20(3)4)38(52)36(50)30(18-46)58-41/h5-12,15-16,19-20,29-30,33-38,40-41,45-46,49-52H,13-14,17-18H2,1-4H3,(H,43,47)(H,44,48)/t29-,30?,33?,34+,35?,36?,37?,38?,40-,41-,42?/m1/s1. The predicted octanol–water partition coefficient (Wildman–Crippen LogP) is 0.952. The highest BCUT2D eigenvalue weighted by Crippen LogP contribution is 2.57. The van der Waals surface area contributed by atoms with Crippen LogP contribution in [0.1, 0.15) is 67.6 Å². The van der Waals surface area contributed by atoms with Crippen LogP contribution in [0.2, 0.25) is 0 Å². The molecule has 7 rings (SSSR count). The van der Waals surface area contributed by atoms with Crippen LogP contribution in [0, 0.1) is 11.8 Å². The van der Waals surface area contributed by atoms with Crippen LogP contribution in [0.25, 0.3) is 0 Å². The van der Waals surface area contributed by atoms with Crippen molar-refractivity contribution >= 4 is 17.8 Å². The molecule has 3 aromatic rings. The van der Waals surface area contributed by atoms with Crippen molar-refractivity contribution in [3.05, 3.63) is 82.9 Å². The molecule has 8 N–H and O–H groups in total. The zero-order valence-electron chi connectivity index (χ0n) is 32.9. The number of carbonyl (C=O) groups is 3. The molecule has 2 fully saturated rings. The molecule has 0 bridgehead atoms. The highest BCUT2D eigenvalue weighted by Gasteiger charge is 2.54. The van der Waals surface area contributed by atoms with Gasteiger partial charge in [-0.15, -0.1) is 0 Å². The van der Waals surface area contributed by atoms with Crippen LogP contribution >= 0.6 is 0 Å². The molecule has 0 radical (unpaired) electrons. The molecule has 4 aliphatic heterocycles. The molecular weight excluding hydrogens is 772 g/mol. The highest BCUT2D eigenvalue weighted by molar-refractivity contribution is 5.97. The van der Waals surface area contributed by atoms with Gasteiger partial charge in [0, 0.05) is 41.7 Å². The average molecular weight is 823 g/mol. The molecule has 17 nitrogen and oxygen atoms in total. The molecule has 4 aliphatic rings. The molecule has 11 atom stereocenters. The van der Waals surface area contributed by atoms with E-state index in [9.17, 15) is 45.0 Å². The van der Waals surface area contributed by atoms with E-state index >= 15 is 0 Å². The third kappa shape index (κ3) is 8.08. The van der Waals surface area contributed by atoms with Crippen LogP contribution in [0.15, 0.2) is 60.7 Å². The Balaban J connectivity index is 1.25. The topological polar surface area (TPSA) is 252 Å². The van der Waals surface area contributed by atoms with Gasteiger partial charge < -0.3 is 69.7 Å². The largest absolute Gasteiger partial charge is 0.462 e. The van der Waals surface area contributed by atoms with Gasteiger partial charge in [-0.2, -0.15) is 0 Å². The van der Waals surface area contributed by atoms with Crippen molar-refractivity contribution in [2.45, 2.75) is 107 Å². The Morgan fingerprint density at radius 1 is 0.678 bits per heavy atom. The van der Waals surface area contributed by atoms with E-state index in [0.717, 1.165) is 0 Å². The fraction of sp³-hybridized carbons (Fsp3) is 0.500. The van der Waals surface area contributed by atoms with Gasteiger partial charge in [0.05, 0.1) is 18.8 Å². The Kier molecular flexibility index (Phi) is 12.2. The van der Waals surface area contributed by atoms with Crippen molar-refractivity contribution in [3.8, 4) is 23.0 Å². The number of rotatable bonds is 12. The van der Waals surface area contributed by atoms with E-state index in [4.69, 9.17) is 28.4 Å². The first kappa shape index (κ1) is 42.3. The number of benzene rings is 3. The lowest BCUT2D eigenvalue weighted by Gasteiger charge is -2.42. The van der Waals surface area contributed by atoms with Crippen molar-refractivity contribution in [3.63, 3.8) is 0 Å². The summed E-state index contributed by atoms with van der Waals surface area (Å²) in [6, 6.07) is 13.8. The lowest BCUT2D eigenvalue weighted by atomic mass is 9.77. The summed E-state index contributed by atoms with van der Waals surface area (Å²) < 4.78 is 36.9. The lowest BCUT2D eigenvalue weighted by Crippen LogP contribution is -2.65. The summed E-state index contributed by atoms with van der Waals surface area (Å²) in [5.41, 5.74) is 0.164. The second kappa shape index (κ2) is 17.0. The summed E-state index contributed by atoms with van der Waals surface area (Å²) in [5.74, 6) is -0.855. The first-order valence-electron chi connectivity index (χ1n) is 19.6. The number of hydrogen-bond donors (Lipinski definition) is 8. The van der Waals surface area contributed by atoms with E-state index in [1.165, 1.54) is 12.1 Å². The summed E-state index contributed by atoms with van der Waals surface area (Å²) in [4.78, 5) is 39.1. The quantitative estimate of drug-likeness (QED) is 0.119. The molecule has 17 heteroatoms. The van der Waals surface area contributed by atoms with E-state index in [0.29, 0.717) is 22.3 Å². The number of amides is 2. The average Bonchev–Trinajstić information content (AvgIpc) is 3.48. The minimum atomic E-state index is -1.56. The van der Waals surface area contributed by atoms with Gasteiger partial charge in [0.1, 0.15) is 71.7 Å². The van der Waals surface area contributed by atoms with Gasteiger partial charge in [0.15, 0.2) is 5.60 Å². The van der Waals surface area contributed by atoms with E-state index < -0.39 is 97.9 Å². The molecule has 59 heavy (non-hydrogen) atoms. The van der Waals surface area contributed by atoms with Crippen molar-refractivity contribution in [2.24, 2.45) is 11.8 Å². The van der Waals surface area contributed by atoms with Crippen LogP contribution in [0.3, 0.4) is 0 Å². The van der Waals surface area contributed by atoms with Crippen molar-refractivity contribution in [1.29, 1.82) is 0 Å². The molecule has 2 amide bonds. The minimum Gasteiger partial charge on any atom is -0.462 e. The molecule has 0 aromatic heterocycles. The first-order chi connectivity index (χ1) is 28.1. The first-order valence-corrected chi connectivity index (χ1v) is 19.6. The van der Waals surface area contributed by atoms with Crippen LogP contribution in [0.4, 0.5) is 0 Å². The molecule has 1 spiro atoms. The Bertz CT molecular complexity index is 1930. The van der Waals surface area contributed by atoms with Crippen molar-refractivity contribution in [1.82, 2.24) is 10.6 Å². The van der Waals surface area contributed by atoms with Gasteiger partial charge in [-0.25, -0.2) is 4.79 Å². The summed E-state index contributed by atoms with van der Waals surface area (Å²) in [7, 11) is 0. The Morgan fingerprint density at radius 3 is 1.58 bits per heavy atom. The SMILES string of the molecule is CC(C)CC(=O)NC1C(O)C(O)[C@@H](CO)O[C@H]1Oc1ccc2c(c1)Oc1cc(O[C@@H]3OC(CO)C(O)C(O)[C@@H]3NC(=O)CC(C)C)ccc1C21OC(=O)c2ccccc21. The number of ether oxygens (including phenoxy) is 6. The molecule has 7 unspecified atom stereocenters. The summed E-state index contributed by atoms with van der Waals surface area (Å²) in [6.07, 6.45) is -11.2. The second-order valence-electron chi connectivity index (χ2n) is 16.1. The summed E-state index contributed by atoms with van der Waals surface area (Å²) >= 11 is 0. The Labute approximate surface area is 339 Å². The zero-order chi connectivity index (χ0) is 42.3. The van der Waals surface area contributed by atoms with Crippen molar-refractivity contribution < 1.29 is 73.4 Å². The number of esters is 1. The fourth-order valence-electron chi connectivity index (χ4n) is 7.96. The Morgan fingerprint density at radius 2 is 1.14 bits per heavy atom. The van der Waals surface area contributed by atoms with Gasteiger partial charge in [-0.1, -0.05) is 45.9 Å². The van der Waals surface area contributed by atoms with Gasteiger partial charge in [-0.3, -0.25) is 9.59 Å². The van der Waals surface area contributed by atoms with Gasteiger partial charge in [-0.05, 0) is 42.2 Å². The summed E-state index contributed by atoms with van der Waals surface area (Å²) in [5, 5.41) is 68.5. The normalized spacial score (nSPS) is 30.8. The van der Waals surface area contributed by atoms with Crippen molar-refractivity contribution in [2.75, 3.05) is 13.2 Å². The molecular formula is C42H50N2O15. The Hall–Kier alpha value is -4.85. The number of hydrogen-bond acceptors (Lipinski definition) is 15. The molecule has 3 aromatic carbocycles. The maximum absolute atomic E-state index is 13.5.